The first-order valence-corrected chi connectivity index (χ1v) is 5.01. The number of carboxylic acids is 2. The van der Waals surface area contributed by atoms with E-state index in [0.29, 0.717) is 6.42 Å². The van der Waals surface area contributed by atoms with Gasteiger partial charge in [-0.2, -0.15) is 0 Å². The molecule has 0 atom stereocenters. The summed E-state index contributed by atoms with van der Waals surface area (Å²) in [6.45, 7) is 1.83. The maximum absolute atomic E-state index is 10.6. The van der Waals surface area contributed by atoms with E-state index in [4.69, 9.17) is 10.2 Å². The second-order valence-electron chi connectivity index (χ2n) is 3.67. The molecule has 0 unspecified atom stereocenters. The number of benzene rings is 1. The average molecular weight is 222 g/mol. The van der Waals surface area contributed by atoms with Crippen LogP contribution in [0.4, 0.5) is 0 Å². The maximum atomic E-state index is 10.6. The van der Waals surface area contributed by atoms with Gasteiger partial charge in [0.15, 0.2) is 0 Å². The SMILES string of the molecule is Cc1c(CCC(=O)O)cccc1CC(=O)O. The summed E-state index contributed by atoms with van der Waals surface area (Å²) in [5.74, 6) is -1.72. The summed E-state index contributed by atoms with van der Waals surface area (Å²) in [7, 11) is 0. The molecule has 0 spiro atoms. The molecule has 0 aliphatic carbocycles. The Balaban J connectivity index is 2.85. The second kappa shape index (κ2) is 5.30. The zero-order valence-electron chi connectivity index (χ0n) is 9.06. The summed E-state index contributed by atoms with van der Waals surface area (Å²) in [5, 5.41) is 17.3. The molecule has 1 aromatic rings. The summed E-state index contributed by atoms with van der Waals surface area (Å²) in [4.78, 5) is 21.1. The van der Waals surface area contributed by atoms with Crippen molar-refractivity contribution in [2.45, 2.75) is 26.2 Å². The van der Waals surface area contributed by atoms with Gasteiger partial charge in [-0.15, -0.1) is 0 Å². The zero-order chi connectivity index (χ0) is 12.1. The van der Waals surface area contributed by atoms with Crippen LogP contribution in [0.3, 0.4) is 0 Å². The van der Waals surface area contributed by atoms with Crippen LogP contribution in [0.1, 0.15) is 23.1 Å². The molecule has 0 amide bonds. The van der Waals surface area contributed by atoms with Crippen LogP contribution in [-0.2, 0) is 22.4 Å². The van der Waals surface area contributed by atoms with Crippen LogP contribution in [0, 0.1) is 6.92 Å². The van der Waals surface area contributed by atoms with Crippen molar-refractivity contribution in [2.75, 3.05) is 0 Å². The lowest BCUT2D eigenvalue weighted by molar-refractivity contribution is -0.137. The topological polar surface area (TPSA) is 74.6 Å². The molecular weight excluding hydrogens is 208 g/mol. The summed E-state index contributed by atoms with van der Waals surface area (Å²) in [6.07, 6.45) is 0.485. The molecule has 16 heavy (non-hydrogen) atoms. The van der Waals surface area contributed by atoms with Crippen molar-refractivity contribution in [1.29, 1.82) is 0 Å². The van der Waals surface area contributed by atoms with Gasteiger partial charge >= 0.3 is 11.9 Å². The van der Waals surface area contributed by atoms with E-state index in [0.717, 1.165) is 16.7 Å². The Bertz CT molecular complexity index is 409. The number of hydrogen-bond acceptors (Lipinski definition) is 2. The van der Waals surface area contributed by atoms with Crippen LogP contribution in [-0.4, -0.2) is 22.2 Å². The fraction of sp³-hybridized carbons (Fsp3) is 0.333. The Labute approximate surface area is 93.5 Å². The minimum atomic E-state index is -0.876. The average Bonchev–Trinajstić information content (AvgIpc) is 2.18. The molecule has 4 heteroatoms. The fourth-order valence-electron chi connectivity index (χ4n) is 1.60. The van der Waals surface area contributed by atoms with Gasteiger partial charge in [0.05, 0.1) is 6.42 Å². The molecule has 2 N–H and O–H groups in total. The summed E-state index contributed by atoms with van der Waals surface area (Å²) in [5.41, 5.74) is 2.53. The highest BCUT2D eigenvalue weighted by molar-refractivity contribution is 5.71. The smallest absolute Gasteiger partial charge is 0.307 e. The molecule has 0 saturated carbocycles. The van der Waals surface area contributed by atoms with Crippen molar-refractivity contribution in [3.63, 3.8) is 0 Å². The van der Waals surface area contributed by atoms with Crippen LogP contribution in [0.25, 0.3) is 0 Å². The van der Waals surface area contributed by atoms with Gasteiger partial charge in [0.25, 0.3) is 0 Å². The Morgan fingerprint density at radius 1 is 1.12 bits per heavy atom. The highest BCUT2D eigenvalue weighted by Crippen LogP contribution is 2.16. The van der Waals surface area contributed by atoms with E-state index >= 15 is 0 Å². The lowest BCUT2D eigenvalue weighted by Gasteiger charge is -2.08. The monoisotopic (exact) mass is 222 g/mol. The molecule has 0 heterocycles. The van der Waals surface area contributed by atoms with E-state index in [-0.39, 0.29) is 12.8 Å². The Kier molecular flexibility index (Phi) is 4.05. The van der Waals surface area contributed by atoms with Gasteiger partial charge in [0.1, 0.15) is 0 Å². The number of carboxylic acid groups (broad SMARTS) is 2. The molecule has 0 fully saturated rings. The quantitative estimate of drug-likeness (QED) is 0.794. The predicted molar refractivity (Wildman–Crippen MR) is 58.5 cm³/mol. The van der Waals surface area contributed by atoms with Crippen molar-refractivity contribution < 1.29 is 19.8 Å². The molecule has 1 rings (SSSR count). The molecule has 0 aliphatic rings. The van der Waals surface area contributed by atoms with E-state index in [2.05, 4.69) is 0 Å². The standard InChI is InChI=1S/C12H14O4/c1-8-9(5-6-11(13)14)3-2-4-10(8)7-12(15)16/h2-4H,5-7H2,1H3,(H,13,14)(H,15,16). The number of aliphatic carboxylic acids is 2. The third kappa shape index (κ3) is 3.38. The first-order valence-electron chi connectivity index (χ1n) is 5.01. The summed E-state index contributed by atoms with van der Waals surface area (Å²) < 4.78 is 0. The maximum Gasteiger partial charge on any atom is 0.307 e. The predicted octanol–water partition coefficient (Wildman–Crippen LogP) is 1.64. The minimum absolute atomic E-state index is 0.0211. The van der Waals surface area contributed by atoms with E-state index in [1.807, 2.05) is 13.0 Å². The lowest BCUT2D eigenvalue weighted by Crippen LogP contribution is -2.05. The van der Waals surface area contributed by atoms with Gasteiger partial charge in [0.2, 0.25) is 0 Å². The molecule has 0 aliphatic heterocycles. The number of rotatable bonds is 5. The fourth-order valence-corrected chi connectivity index (χ4v) is 1.60. The van der Waals surface area contributed by atoms with Crippen LogP contribution in [0.5, 0.6) is 0 Å². The number of carbonyl (C=O) groups is 2. The van der Waals surface area contributed by atoms with Gasteiger partial charge in [-0.1, -0.05) is 18.2 Å². The van der Waals surface area contributed by atoms with Gasteiger partial charge in [-0.3, -0.25) is 9.59 Å². The molecule has 0 radical (unpaired) electrons. The van der Waals surface area contributed by atoms with E-state index in [1.165, 1.54) is 0 Å². The van der Waals surface area contributed by atoms with Crippen molar-refractivity contribution in [3.05, 3.63) is 34.9 Å². The molecular formula is C12H14O4. The van der Waals surface area contributed by atoms with Crippen molar-refractivity contribution in [1.82, 2.24) is 0 Å². The van der Waals surface area contributed by atoms with E-state index < -0.39 is 11.9 Å². The van der Waals surface area contributed by atoms with Gasteiger partial charge in [0, 0.05) is 6.42 Å². The van der Waals surface area contributed by atoms with Crippen molar-refractivity contribution >= 4 is 11.9 Å². The summed E-state index contributed by atoms with van der Waals surface area (Å²) in [6, 6.07) is 5.36. The molecule has 4 nitrogen and oxygen atoms in total. The van der Waals surface area contributed by atoms with Crippen molar-refractivity contribution in [2.24, 2.45) is 0 Å². The lowest BCUT2D eigenvalue weighted by atomic mass is 9.97. The van der Waals surface area contributed by atoms with Crippen molar-refractivity contribution in [3.8, 4) is 0 Å². The summed E-state index contributed by atoms with van der Waals surface area (Å²) >= 11 is 0. The highest BCUT2D eigenvalue weighted by atomic mass is 16.4. The van der Waals surface area contributed by atoms with E-state index in [1.54, 1.807) is 12.1 Å². The van der Waals surface area contributed by atoms with Gasteiger partial charge in [-0.25, -0.2) is 0 Å². The van der Waals surface area contributed by atoms with Crippen LogP contribution in [0.15, 0.2) is 18.2 Å². The number of hydrogen-bond donors (Lipinski definition) is 2. The molecule has 86 valence electrons. The van der Waals surface area contributed by atoms with Crippen LogP contribution >= 0.6 is 0 Å². The first kappa shape index (κ1) is 12.2. The van der Waals surface area contributed by atoms with Gasteiger partial charge in [-0.05, 0) is 30.0 Å². The Hall–Kier alpha value is -1.84. The van der Waals surface area contributed by atoms with E-state index in [9.17, 15) is 9.59 Å². The zero-order valence-corrected chi connectivity index (χ0v) is 9.06. The third-order valence-corrected chi connectivity index (χ3v) is 2.51. The molecule has 0 bridgehead atoms. The third-order valence-electron chi connectivity index (χ3n) is 2.51. The second-order valence-corrected chi connectivity index (χ2v) is 3.67. The first-order chi connectivity index (χ1) is 7.50. The minimum Gasteiger partial charge on any atom is -0.481 e. The van der Waals surface area contributed by atoms with Crippen LogP contribution in [0.2, 0.25) is 0 Å². The molecule has 0 aromatic heterocycles. The van der Waals surface area contributed by atoms with Gasteiger partial charge < -0.3 is 10.2 Å². The Morgan fingerprint density at radius 2 is 1.75 bits per heavy atom. The normalized spacial score (nSPS) is 10.1. The molecule has 0 saturated heterocycles. The largest absolute Gasteiger partial charge is 0.481 e. The molecule has 1 aromatic carbocycles. The number of aryl methyl sites for hydroxylation is 1. The van der Waals surface area contributed by atoms with Crippen LogP contribution < -0.4 is 0 Å². The highest BCUT2D eigenvalue weighted by Gasteiger charge is 2.08. The Morgan fingerprint density at radius 3 is 2.31 bits per heavy atom.